The average Bonchev–Trinajstić information content (AvgIpc) is 3.54. The Balaban J connectivity index is 1.26. The number of fused-ring (bicyclic) bond motifs is 1. The monoisotopic (exact) mass is 473 g/mol. The first-order valence-corrected chi connectivity index (χ1v) is 11.4. The maximum atomic E-state index is 9.60. The van der Waals surface area contributed by atoms with Gasteiger partial charge in [-0.15, -0.1) is 0 Å². The van der Waals surface area contributed by atoms with Crippen LogP contribution in [0, 0.1) is 23.2 Å². The van der Waals surface area contributed by atoms with Crippen LogP contribution in [0.1, 0.15) is 11.3 Å². The Morgan fingerprint density at radius 3 is 2.64 bits per heavy atom. The Labute approximate surface area is 208 Å². The Bertz CT molecular complexity index is 1580. The molecule has 0 aliphatic rings. The van der Waals surface area contributed by atoms with E-state index in [1.54, 1.807) is 21.6 Å². The molecule has 0 unspecified atom stereocenters. The van der Waals surface area contributed by atoms with E-state index in [0.29, 0.717) is 18.7 Å². The molecule has 0 spiro atoms. The van der Waals surface area contributed by atoms with Gasteiger partial charge in [-0.3, -0.25) is 4.68 Å². The third-order valence-electron chi connectivity index (χ3n) is 5.55. The predicted octanol–water partition coefficient (Wildman–Crippen LogP) is 3.12. The van der Waals surface area contributed by atoms with E-state index in [4.69, 9.17) is 0 Å². The van der Waals surface area contributed by atoms with Crippen molar-refractivity contribution in [3.63, 3.8) is 0 Å². The Kier molecular flexibility index (Phi) is 6.65. The zero-order valence-electron chi connectivity index (χ0n) is 19.7. The smallest absolute Gasteiger partial charge is 0.125 e. The lowest BCUT2D eigenvalue weighted by Crippen LogP contribution is -2.22. The fraction of sp³-hybridized carbons (Fsp3) is 0.148. The first-order chi connectivity index (χ1) is 17.7. The molecule has 5 rings (SSSR count). The minimum atomic E-state index is 0.516. The minimum Gasteiger partial charge on any atom is -0.369 e. The van der Waals surface area contributed by atoms with Crippen LogP contribution in [-0.2, 0) is 7.05 Å². The molecule has 0 aromatic carbocycles. The Morgan fingerprint density at radius 1 is 0.944 bits per heavy atom. The van der Waals surface area contributed by atoms with Crippen LogP contribution < -0.4 is 10.6 Å². The summed E-state index contributed by atoms with van der Waals surface area (Å²) in [6.45, 7) is 2.04. The van der Waals surface area contributed by atoms with Gasteiger partial charge in [-0.05, 0) is 36.3 Å². The summed E-state index contributed by atoms with van der Waals surface area (Å²) in [6, 6.07) is 13.9. The average molecular weight is 474 g/mol. The lowest BCUT2D eigenvalue weighted by molar-refractivity contribution is 0.768. The van der Waals surface area contributed by atoms with Gasteiger partial charge in [0.25, 0.3) is 0 Å². The molecule has 0 amide bonds. The van der Waals surface area contributed by atoms with E-state index in [0.717, 1.165) is 45.8 Å². The summed E-state index contributed by atoms with van der Waals surface area (Å²) in [7, 11) is 1.88. The van der Waals surface area contributed by atoms with Crippen LogP contribution >= 0.6 is 0 Å². The lowest BCUT2D eigenvalue weighted by atomic mass is 10.0. The molecule has 2 N–H and O–H groups in total. The maximum absolute atomic E-state index is 9.60. The van der Waals surface area contributed by atoms with Gasteiger partial charge < -0.3 is 10.6 Å². The van der Waals surface area contributed by atoms with Crippen LogP contribution in [0.4, 0.5) is 5.82 Å². The van der Waals surface area contributed by atoms with E-state index in [1.807, 2.05) is 62.2 Å². The standard InChI is InChI=1S/C27H23N9/c1-35-18-23(17-33-35)21-13-25(27-22(14-28)16-34-36(27)19-21)20-7-8-26(32-15-20)31-12-11-29-9-4-6-24-5-2-3-10-30-24/h2-3,5,7-8,10,13,15-19,29H,9,11-12H2,1H3,(H,31,32). The van der Waals surface area contributed by atoms with Crippen molar-refractivity contribution >= 4 is 11.3 Å². The predicted molar refractivity (Wildman–Crippen MR) is 138 cm³/mol. The SMILES string of the molecule is Cn1cc(-c2cc(-c3ccc(NCCNCC#Cc4ccccn4)nc3)c3c(C#N)cnn3c2)cn1. The van der Waals surface area contributed by atoms with Crippen molar-refractivity contribution in [2.45, 2.75) is 0 Å². The highest BCUT2D eigenvalue weighted by Crippen LogP contribution is 2.31. The van der Waals surface area contributed by atoms with Crippen molar-refractivity contribution < 1.29 is 0 Å². The second-order valence-corrected chi connectivity index (χ2v) is 8.06. The van der Waals surface area contributed by atoms with Crippen molar-refractivity contribution in [1.29, 1.82) is 5.26 Å². The van der Waals surface area contributed by atoms with Crippen LogP contribution in [0.25, 0.3) is 27.8 Å². The largest absolute Gasteiger partial charge is 0.369 e. The highest BCUT2D eigenvalue weighted by atomic mass is 15.2. The molecule has 9 nitrogen and oxygen atoms in total. The van der Waals surface area contributed by atoms with Gasteiger partial charge in [0.15, 0.2) is 0 Å². The van der Waals surface area contributed by atoms with Crippen LogP contribution in [0.3, 0.4) is 0 Å². The number of hydrogen-bond acceptors (Lipinski definition) is 7. The fourth-order valence-electron chi connectivity index (χ4n) is 3.81. The molecule has 5 aromatic heterocycles. The normalized spacial score (nSPS) is 10.6. The van der Waals surface area contributed by atoms with E-state index in [-0.39, 0.29) is 0 Å². The maximum Gasteiger partial charge on any atom is 0.125 e. The van der Waals surface area contributed by atoms with Crippen molar-refractivity contribution in [2.24, 2.45) is 7.05 Å². The third-order valence-corrected chi connectivity index (χ3v) is 5.55. The Hall–Kier alpha value is -4.99. The molecular weight excluding hydrogens is 450 g/mol. The van der Waals surface area contributed by atoms with Crippen molar-refractivity contribution in [1.82, 2.24) is 34.7 Å². The van der Waals surface area contributed by atoms with Gasteiger partial charge in [0, 0.05) is 67.2 Å². The molecule has 176 valence electrons. The summed E-state index contributed by atoms with van der Waals surface area (Å²) in [4.78, 5) is 8.76. The molecule has 0 radical (unpaired) electrons. The highest BCUT2D eigenvalue weighted by molar-refractivity contribution is 5.87. The number of anilines is 1. The second kappa shape index (κ2) is 10.5. The molecular formula is C27H23N9. The molecule has 0 bridgehead atoms. The van der Waals surface area contributed by atoms with Crippen LogP contribution in [0.5, 0.6) is 0 Å². The van der Waals surface area contributed by atoms with Crippen LogP contribution in [0.2, 0.25) is 0 Å². The number of aromatic nitrogens is 6. The lowest BCUT2D eigenvalue weighted by Gasteiger charge is -2.10. The molecule has 0 saturated carbocycles. The van der Waals surface area contributed by atoms with E-state index in [2.05, 4.69) is 54.8 Å². The molecule has 0 aliphatic heterocycles. The summed E-state index contributed by atoms with van der Waals surface area (Å²) in [6.07, 6.45) is 10.8. The molecule has 9 heteroatoms. The Morgan fingerprint density at radius 2 is 1.89 bits per heavy atom. The molecule has 0 aliphatic carbocycles. The number of pyridine rings is 3. The number of rotatable bonds is 7. The summed E-state index contributed by atoms with van der Waals surface area (Å²) in [5, 5.41) is 24.9. The summed E-state index contributed by atoms with van der Waals surface area (Å²) in [5.41, 5.74) is 5.75. The van der Waals surface area contributed by atoms with Gasteiger partial charge in [0.1, 0.15) is 17.6 Å². The van der Waals surface area contributed by atoms with E-state index in [1.165, 1.54) is 0 Å². The van der Waals surface area contributed by atoms with Gasteiger partial charge in [-0.1, -0.05) is 12.0 Å². The van der Waals surface area contributed by atoms with E-state index >= 15 is 0 Å². The molecule has 0 saturated heterocycles. The topological polar surface area (TPSA) is 109 Å². The zero-order chi connectivity index (χ0) is 24.7. The van der Waals surface area contributed by atoms with Gasteiger partial charge in [0.05, 0.1) is 30.0 Å². The molecule has 0 atom stereocenters. The van der Waals surface area contributed by atoms with Crippen LogP contribution in [-0.4, -0.2) is 49.0 Å². The number of aryl methyl sites for hydroxylation is 1. The fourth-order valence-corrected chi connectivity index (χ4v) is 3.81. The first kappa shape index (κ1) is 22.8. The van der Waals surface area contributed by atoms with Crippen molar-refractivity contribution in [2.75, 3.05) is 25.0 Å². The van der Waals surface area contributed by atoms with Gasteiger partial charge in [-0.25, -0.2) is 14.5 Å². The second-order valence-electron chi connectivity index (χ2n) is 8.06. The van der Waals surface area contributed by atoms with Crippen molar-refractivity contribution in [3.8, 4) is 40.2 Å². The molecule has 5 aromatic rings. The van der Waals surface area contributed by atoms with E-state index < -0.39 is 0 Å². The quantitative estimate of drug-likeness (QED) is 0.276. The third kappa shape index (κ3) is 5.07. The summed E-state index contributed by atoms with van der Waals surface area (Å²) < 4.78 is 3.50. The summed E-state index contributed by atoms with van der Waals surface area (Å²) >= 11 is 0. The van der Waals surface area contributed by atoms with Crippen molar-refractivity contribution in [3.05, 3.63) is 84.8 Å². The van der Waals surface area contributed by atoms with Gasteiger partial charge in [0.2, 0.25) is 0 Å². The zero-order valence-corrected chi connectivity index (χ0v) is 19.7. The molecule has 0 fully saturated rings. The number of nitriles is 1. The van der Waals surface area contributed by atoms with E-state index in [9.17, 15) is 5.26 Å². The minimum absolute atomic E-state index is 0.516. The number of nitrogens with zero attached hydrogens (tertiary/aromatic N) is 7. The van der Waals surface area contributed by atoms with Gasteiger partial charge >= 0.3 is 0 Å². The number of hydrogen-bond donors (Lipinski definition) is 2. The van der Waals surface area contributed by atoms with Crippen LogP contribution in [0.15, 0.2) is 73.6 Å². The highest BCUT2D eigenvalue weighted by Gasteiger charge is 2.14. The number of nitrogens with one attached hydrogen (secondary N) is 2. The summed E-state index contributed by atoms with van der Waals surface area (Å²) in [5.74, 6) is 6.86. The first-order valence-electron chi connectivity index (χ1n) is 11.4. The molecule has 36 heavy (non-hydrogen) atoms. The van der Waals surface area contributed by atoms with Gasteiger partial charge in [-0.2, -0.15) is 15.5 Å². The molecule has 5 heterocycles.